The zero-order chi connectivity index (χ0) is 18.8. The predicted molar refractivity (Wildman–Crippen MR) is 105 cm³/mol. The zero-order valence-electron chi connectivity index (χ0n) is 16.1. The van der Waals surface area contributed by atoms with E-state index in [1.54, 1.807) is 18.0 Å². The SMILES string of the molecule is Cc1noc(C)c1CSc1nnc(-c2cccnc2)n1[C@H]1CCCC[C@@H]1C. The molecule has 0 spiro atoms. The van der Waals surface area contributed by atoms with Gasteiger partial charge in [-0.1, -0.05) is 36.7 Å². The van der Waals surface area contributed by atoms with Gasteiger partial charge < -0.3 is 4.52 Å². The van der Waals surface area contributed by atoms with Crippen LogP contribution in [0.2, 0.25) is 0 Å². The molecule has 0 unspecified atom stereocenters. The summed E-state index contributed by atoms with van der Waals surface area (Å²) in [5.41, 5.74) is 3.12. The smallest absolute Gasteiger partial charge is 0.192 e. The lowest BCUT2D eigenvalue weighted by molar-refractivity contribution is 0.247. The van der Waals surface area contributed by atoms with E-state index in [1.807, 2.05) is 26.1 Å². The van der Waals surface area contributed by atoms with Crippen LogP contribution in [-0.4, -0.2) is 24.9 Å². The van der Waals surface area contributed by atoms with Crippen LogP contribution in [0.4, 0.5) is 0 Å². The minimum absolute atomic E-state index is 0.427. The second-order valence-electron chi connectivity index (χ2n) is 7.34. The molecule has 0 aromatic carbocycles. The Balaban J connectivity index is 1.69. The van der Waals surface area contributed by atoms with E-state index in [0.717, 1.165) is 39.3 Å². The maximum absolute atomic E-state index is 5.31. The van der Waals surface area contributed by atoms with Crippen molar-refractivity contribution in [2.75, 3.05) is 0 Å². The topological polar surface area (TPSA) is 69.6 Å². The van der Waals surface area contributed by atoms with Gasteiger partial charge in [-0.05, 0) is 44.7 Å². The molecule has 0 bridgehead atoms. The van der Waals surface area contributed by atoms with Crippen molar-refractivity contribution in [1.82, 2.24) is 24.9 Å². The lowest BCUT2D eigenvalue weighted by atomic mass is 9.85. The van der Waals surface area contributed by atoms with Crippen LogP contribution in [0.25, 0.3) is 11.4 Å². The van der Waals surface area contributed by atoms with Gasteiger partial charge in [0.25, 0.3) is 0 Å². The van der Waals surface area contributed by atoms with Crippen LogP contribution in [0.1, 0.15) is 55.7 Å². The third-order valence-corrected chi connectivity index (χ3v) is 6.48. The van der Waals surface area contributed by atoms with E-state index in [-0.39, 0.29) is 0 Å². The van der Waals surface area contributed by atoms with E-state index < -0.39 is 0 Å². The number of aryl methyl sites for hydroxylation is 2. The summed E-state index contributed by atoms with van der Waals surface area (Å²) in [4.78, 5) is 4.28. The van der Waals surface area contributed by atoms with Crippen molar-refractivity contribution in [3.05, 3.63) is 41.5 Å². The molecule has 1 aliphatic rings. The highest BCUT2D eigenvalue weighted by Crippen LogP contribution is 2.39. The predicted octanol–water partition coefficient (Wildman–Crippen LogP) is 4.99. The molecular formula is C20H25N5OS. The molecule has 3 aromatic heterocycles. The van der Waals surface area contributed by atoms with Gasteiger partial charge in [0.2, 0.25) is 0 Å². The van der Waals surface area contributed by atoms with E-state index in [1.165, 1.54) is 25.7 Å². The molecular weight excluding hydrogens is 358 g/mol. The van der Waals surface area contributed by atoms with Gasteiger partial charge in [0.05, 0.1) is 5.69 Å². The molecule has 3 aromatic rings. The van der Waals surface area contributed by atoms with Gasteiger partial charge in [0.1, 0.15) is 5.76 Å². The monoisotopic (exact) mass is 383 g/mol. The normalized spacial score (nSPS) is 20.1. The first-order valence-electron chi connectivity index (χ1n) is 9.55. The molecule has 1 aliphatic carbocycles. The van der Waals surface area contributed by atoms with Crippen LogP contribution in [0.5, 0.6) is 0 Å². The van der Waals surface area contributed by atoms with E-state index >= 15 is 0 Å². The highest BCUT2D eigenvalue weighted by atomic mass is 32.2. The second-order valence-corrected chi connectivity index (χ2v) is 8.28. The van der Waals surface area contributed by atoms with E-state index in [9.17, 15) is 0 Å². The van der Waals surface area contributed by atoms with Gasteiger partial charge in [-0.3, -0.25) is 9.55 Å². The largest absolute Gasteiger partial charge is 0.361 e. The summed E-state index contributed by atoms with van der Waals surface area (Å²) in [6.07, 6.45) is 8.66. The molecule has 6 nitrogen and oxygen atoms in total. The summed E-state index contributed by atoms with van der Waals surface area (Å²) >= 11 is 1.71. The molecule has 0 N–H and O–H groups in total. The molecule has 1 fully saturated rings. The van der Waals surface area contributed by atoms with Crippen LogP contribution in [0.15, 0.2) is 34.2 Å². The standard InChI is InChI=1S/C20H25N5OS/c1-13-7-4-5-9-18(13)25-19(16-8-6-10-21-11-16)22-23-20(25)27-12-17-14(2)24-26-15(17)3/h6,8,10-11,13,18H,4-5,7,9,12H2,1-3H3/t13-,18-/m0/s1. The number of hydrogen-bond donors (Lipinski definition) is 0. The molecule has 27 heavy (non-hydrogen) atoms. The highest BCUT2D eigenvalue weighted by molar-refractivity contribution is 7.98. The Morgan fingerprint density at radius 3 is 2.78 bits per heavy atom. The summed E-state index contributed by atoms with van der Waals surface area (Å²) in [6, 6.07) is 4.44. The number of thioether (sulfide) groups is 1. The summed E-state index contributed by atoms with van der Waals surface area (Å²) in [7, 11) is 0. The number of hydrogen-bond acceptors (Lipinski definition) is 6. The Morgan fingerprint density at radius 1 is 1.22 bits per heavy atom. The fraction of sp³-hybridized carbons (Fsp3) is 0.500. The molecule has 0 saturated heterocycles. The van der Waals surface area contributed by atoms with Crippen LogP contribution in [0.3, 0.4) is 0 Å². The second kappa shape index (κ2) is 7.84. The maximum atomic E-state index is 5.31. The Hall–Kier alpha value is -2.15. The molecule has 0 radical (unpaired) electrons. The van der Waals surface area contributed by atoms with E-state index in [0.29, 0.717) is 12.0 Å². The van der Waals surface area contributed by atoms with Gasteiger partial charge >= 0.3 is 0 Å². The number of pyridine rings is 1. The van der Waals surface area contributed by atoms with Crippen molar-refractivity contribution < 1.29 is 4.52 Å². The minimum Gasteiger partial charge on any atom is -0.361 e. The summed E-state index contributed by atoms with van der Waals surface area (Å²) in [5.74, 6) is 3.20. The van der Waals surface area contributed by atoms with Crippen LogP contribution >= 0.6 is 11.8 Å². The molecule has 2 atom stereocenters. The molecule has 4 rings (SSSR count). The van der Waals surface area contributed by atoms with Crippen LogP contribution in [-0.2, 0) is 5.75 Å². The van der Waals surface area contributed by atoms with Crippen molar-refractivity contribution >= 4 is 11.8 Å². The van der Waals surface area contributed by atoms with Gasteiger partial charge in [-0.25, -0.2) is 0 Å². The lowest BCUT2D eigenvalue weighted by Gasteiger charge is -2.31. The molecule has 142 valence electrons. The fourth-order valence-electron chi connectivity index (χ4n) is 3.89. The first-order chi connectivity index (χ1) is 13.1. The van der Waals surface area contributed by atoms with Gasteiger partial charge in [0.15, 0.2) is 11.0 Å². The average Bonchev–Trinajstić information content (AvgIpc) is 3.24. The Kier molecular flexibility index (Phi) is 5.29. The Morgan fingerprint density at radius 2 is 2.07 bits per heavy atom. The quantitative estimate of drug-likeness (QED) is 0.578. The summed E-state index contributed by atoms with van der Waals surface area (Å²) < 4.78 is 7.66. The van der Waals surface area contributed by atoms with Crippen molar-refractivity contribution in [3.63, 3.8) is 0 Å². The van der Waals surface area contributed by atoms with Crippen LogP contribution < -0.4 is 0 Å². The number of rotatable bonds is 5. The Bertz CT molecular complexity index is 885. The first-order valence-corrected chi connectivity index (χ1v) is 10.5. The molecule has 1 saturated carbocycles. The van der Waals surface area contributed by atoms with Crippen molar-refractivity contribution in [2.24, 2.45) is 5.92 Å². The summed E-state index contributed by atoms with van der Waals surface area (Å²) in [6.45, 7) is 6.30. The van der Waals surface area contributed by atoms with Gasteiger partial charge in [-0.15, -0.1) is 10.2 Å². The zero-order valence-corrected chi connectivity index (χ0v) is 16.9. The average molecular weight is 384 g/mol. The molecule has 0 amide bonds. The van der Waals surface area contributed by atoms with E-state index in [2.05, 4.69) is 37.9 Å². The highest BCUT2D eigenvalue weighted by Gasteiger charge is 2.29. The third-order valence-electron chi connectivity index (χ3n) is 5.51. The summed E-state index contributed by atoms with van der Waals surface area (Å²) in [5, 5.41) is 14.1. The first kappa shape index (κ1) is 18.2. The van der Waals surface area contributed by atoms with Crippen LogP contribution in [0, 0.1) is 19.8 Å². The maximum Gasteiger partial charge on any atom is 0.192 e. The fourth-order valence-corrected chi connectivity index (χ4v) is 5.04. The van der Waals surface area contributed by atoms with Gasteiger partial charge in [-0.2, -0.15) is 0 Å². The Labute approximate surface area is 163 Å². The van der Waals surface area contributed by atoms with Crippen molar-refractivity contribution in [3.8, 4) is 11.4 Å². The third kappa shape index (κ3) is 3.65. The minimum atomic E-state index is 0.427. The van der Waals surface area contributed by atoms with Crippen molar-refractivity contribution in [2.45, 2.75) is 63.4 Å². The van der Waals surface area contributed by atoms with Gasteiger partial charge in [0, 0.05) is 35.3 Å². The molecule has 7 heteroatoms. The van der Waals surface area contributed by atoms with Crippen molar-refractivity contribution in [1.29, 1.82) is 0 Å². The van der Waals surface area contributed by atoms with E-state index in [4.69, 9.17) is 4.52 Å². The lowest BCUT2D eigenvalue weighted by Crippen LogP contribution is -2.22. The number of aromatic nitrogens is 5. The molecule has 0 aliphatic heterocycles. The number of nitrogens with zero attached hydrogens (tertiary/aromatic N) is 5. The molecule has 3 heterocycles.